The van der Waals surface area contributed by atoms with Gasteiger partial charge in [0.05, 0.1) is 11.3 Å². The smallest absolute Gasteiger partial charge is 0.348 e. The topological polar surface area (TPSA) is 101 Å². The number of hydrogen-bond donors (Lipinski definition) is 2. The molecular formula is C20H19N3O4S. The number of hydrogen-bond acceptors (Lipinski definition) is 6. The molecule has 0 amide bonds. The molecule has 3 rings (SSSR count). The standard InChI is InChI=1S/C20H19N3O4S/c1-4-23-19(25)17(21-15-11(2)10-28-18(15)20(26)27)14(12(3)24)16(22-23)13-8-6-5-7-9-13/h5-10,21H,4H2,1-3H3,(H,26,27). The lowest BCUT2D eigenvalue weighted by atomic mass is 10.0. The van der Waals surface area contributed by atoms with Crippen molar-refractivity contribution in [3.63, 3.8) is 0 Å². The van der Waals surface area contributed by atoms with Crippen LogP contribution in [0.5, 0.6) is 0 Å². The summed E-state index contributed by atoms with van der Waals surface area (Å²) in [6, 6.07) is 9.10. The maximum absolute atomic E-state index is 13.0. The van der Waals surface area contributed by atoms with Crippen LogP contribution in [0.15, 0.2) is 40.5 Å². The monoisotopic (exact) mass is 397 g/mol. The Hall–Kier alpha value is -3.26. The van der Waals surface area contributed by atoms with Gasteiger partial charge in [0, 0.05) is 12.1 Å². The third kappa shape index (κ3) is 3.46. The van der Waals surface area contributed by atoms with E-state index in [4.69, 9.17) is 0 Å². The molecule has 3 aromatic rings. The summed E-state index contributed by atoms with van der Waals surface area (Å²) in [5.41, 5.74) is 1.76. The maximum atomic E-state index is 13.0. The Morgan fingerprint density at radius 2 is 1.89 bits per heavy atom. The van der Waals surface area contributed by atoms with Crippen molar-refractivity contribution in [2.75, 3.05) is 5.32 Å². The lowest BCUT2D eigenvalue weighted by Crippen LogP contribution is -2.28. The number of ketones is 1. The van der Waals surface area contributed by atoms with Crippen LogP contribution in [0, 0.1) is 6.92 Å². The third-order valence-corrected chi connectivity index (χ3v) is 5.36. The Balaban J connectivity index is 2.32. The van der Waals surface area contributed by atoms with Crippen LogP contribution in [-0.2, 0) is 6.54 Å². The van der Waals surface area contributed by atoms with E-state index in [1.165, 1.54) is 11.6 Å². The van der Waals surface area contributed by atoms with Crippen molar-refractivity contribution >= 4 is 34.5 Å². The van der Waals surface area contributed by atoms with E-state index < -0.39 is 11.5 Å². The summed E-state index contributed by atoms with van der Waals surface area (Å²) in [6.07, 6.45) is 0. The Kier molecular flexibility index (Phi) is 5.41. The Labute approximate surface area is 165 Å². The van der Waals surface area contributed by atoms with Gasteiger partial charge in [-0.25, -0.2) is 9.48 Å². The second-order valence-corrected chi connectivity index (χ2v) is 7.07. The average molecular weight is 397 g/mol. The summed E-state index contributed by atoms with van der Waals surface area (Å²) in [5.74, 6) is -1.43. The molecule has 2 heterocycles. The van der Waals surface area contributed by atoms with Crippen LogP contribution in [-0.4, -0.2) is 26.6 Å². The molecule has 1 aromatic carbocycles. The number of carboxylic acid groups (broad SMARTS) is 1. The number of aryl methyl sites for hydroxylation is 2. The molecule has 0 aliphatic carbocycles. The fraction of sp³-hybridized carbons (Fsp3) is 0.200. The third-order valence-electron chi connectivity index (χ3n) is 4.27. The van der Waals surface area contributed by atoms with Crippen LogP contribution in [0.4, 0.5) is 11.4 Å². The molecule has 0 bridgehead atoms. The van der Waals surface area contributed by atoms with Gasteiger partial charge < -0.3 is 10.4 Å². The van der Waals surface area contributed by atoms with E-state index in [9.17, 15) is 19.5 Å². The van der Waals surface area contributed by atoms with E-state index in [1.807, 2.05) is 30.3 Å². The van der Waals surface area contributed by atoms with E-state index in [-0.39, 0.29) is 21.9 Å². The largest absolute Gasteiger partial charge is 0.477 e. The van der Waals surface area contributed by atoms with Gasteiger partial charge in [-0.15, -0.1) is 11.3 Å². The molecule has 2 N–H and O–H groups in total. The molecule has 8 heteroatoms. The van der Waals surface area contributed by atoms with Crippen molar-refractivity contribution in [2.45, 2.75) is 27.3 Å². The molecule has 144 valence electrons. The van der Waals surface area contributed by atoms with Gasteiger partial charge in [0.15, 0.2) is 5.78 Å². The van der Waals surface area contributed by atoms with Crippen LogP contribution >= 0.6 is 11.3 Å². The average Bonchev–Trinajstić information content (AvgIpc) is 3.04. The predicted octanol–water partition coefficient (Wildman–Crippen LogP) is 3.94. The first-order valence-electron chi connectivity index (χ1n) is 8.65. The number of carbonyl (C=O) groups excluding carboxylic acids is 1. The highest BCUT2D eigenvalue weighted by Crippen LogP contribution is 2.33. The summed E-state index contributed by atoms with van der Waals surface area (Å²) >= 11 is 1.06. The molecule has 0 spiro atoms. The van der Waals surface area contributed by atoms with E-state index in [1.54, 1.807) is 19.2 Å². The molecule has 2 aromatic heterocycles. The highest BCUT2D eigenvalue weighted by molar-refractivity contribution is 7.12. The van der Waals surface area contributed by atoms with Crippen molar-refractivity contribution in [3.8, 4) is 11.3 Å². The van der Waals surface area contributed by atoms with Crippen molar-refractivity contribution in [2.24, 2.45) is 0 Å². The number of rotatable bonds is 6. The minimum Gasteiger partial charge on any atom is -0.477 e. The SMILES string of the molecule is CCn1nc(-c2ccccc2)c(C(C)=O)c(Nc2c(C)csc2C(=O)O)c1=O. The molecule has 0 aliphatic heterocycles. The summed E-state index contributed by atoms with van der Waals surface area (Å²) in [5, 5.41) is 18.5. The molecular weight excluding hydrogens is 378 g/mol. The van der Waals surface area contributed by atoms with Crippen LogP contribution in [0.1, 0.15) is 39.4 Å². The lowest BCUT2D eigenvalue weighted by molar-refractivity contribution is 0.0703. The summed E-state index contributed by atoms with van der Waals surface area (Å²) < 4.78 is 1.26. The summed E-state index contributed by atoms with van der Waals surface area (Å²) in [6.45, 7) is 5.19. The number of benzene rings is 1. The molecule has 28 heavy (non-hydrogen) atoms. The van der Waals surface area contributed by atoms with Gasteiger partial charge in [-0.2, -0.15) is 5.10 Å². The number of thiophene rings is 1. The van der Waals surface area contributed by atoms with E-state index >= 15 is 0 Å². The van der Waals surface area contributed by atoms with Crippen LogP contribution in [0.3, 0.4) is 0 Å². The molecule has 0 atom stereocenters. The van der Waals surface area contributed by atoms with Gasteiger partial charge in [0.2, 0.25) is 0 Å². The Morgan fingerprint density at radius 3 is 2.46 bits per heavy atom. The van der Waals surface area contributed by atoms with Crippen molar-refractivity contribution in [1.29, 1.82) is 0 Å². The zero-order valence-electron chi connectivity index (χ0n) is 15.6. The number of aromatic nitrogens is 2. The fourth-order valence-electron chi connectivity index (χ4n) is 2.92. The highest BCUT2D eigenvalue weighted by Gasteiger charge is 2.24. The van der Waals surface area contributed by atoms with Crippen LogP contribution in [0.2, 0.25) is 0 Å². The normalized spacial score (nSPS) is 10.7. The zero-order chi connectivity index (χ0) is 20.4. The van der Waals surface area contributed by atoms with E-state index in [0.29, 0.717) is 29.1 Å². The second kappa shape index (κ2) is 7.77. The maximum Gasteiger partial charge on any atom is 0.348 e. The molecule has 0 saturated carbocycles. The molecule has 0 aliphatic rings. The van der Waals surface area contributed by atoms with Crippen LogP contribution in [0.25, 0.3) is 11.3 Å². The van der Waals surface area contributed by atoms with Gasteiger partial charge in [0.1, 0.15) is 16.3 Å². The Bertz CT molecular complexity index is 1120. The second-order valence-electron chi connectivity index (χ2n) is 6.19. The van der Waals surface area contributed by atoms with Crippen molar-refractivity contribution < 1.29 is 14.7 Å². The molecule has 0 fully saturated rings. The predicted molar refractivity (Wildman–Crippen MR) is 109 cm³/mol. The van der Waals surface area contributed by atoms with Gasteiger partial charge in [0.25, 0.3) is 5.56 Å². The molecule has 0 radical (unpaired) electrons. The molecule has 0 unspecified atom stereocenters. The minimum absolute atomic E-state index is 0.0344. The quantitative estimate of drug-likeness (QED) is 0.611. The first-order chi connectivity index (χ1) is 13.3. The van der Waals surface area contributed by atoms with Crippen molar-refractivity contribution in [1.82, 2.24) is 9.78 Å². The lowest BCUT2D eigenvalue weighted by Gasteiger charge is -2.16. The Morgan fingerprint density at radius 1 is 1.21 bits per heavy atom. The number of aromatic carboxylic acids is 1. The zero-order valence-corrected chi connectivity index (χ0v) is 16.5. The summed E-state index contributed by atoms with van der Waals surface area (Å²) in [7, 11) is 0. The van der Waals surface area contributed by atoms with Gasteiger partial charge in [-0.05, 0) is 31.7 Å². The number of nitrogens with zero attached hydrogens (tertiary/aromatic N) is 2. The molecule has 0 saturated heterocycles. The minimum atomic E-state index is -1.10. The first kappa shape index (κ1) is 19.5. The van der Waals surface area contributed by atoms with Crippen molar-refractivity contribution in [3.05, 3.63) is 62.1 Å². The number of nitrogens with one attached hydrogen (secondary N) is 1. The number of carboxylic acids is 1. The fourth-order valence-corrected chi connectivity index (χ4v) is 3.77. The number of carbonyl (C=O) groups is 2. The van der Waals surface area contributed by atoms with Gasteiger partial charge in [-0.3, -0.25) is 9.59 Å². The summed E-state index contributed by atoms with van der Waals surface area (Å²) in [4.78, 5) is 37.1. The highest BCUT2D eigenvalue weighted by atomic mass is 32.1. The number of anilines is 2. The van der Waals surface area contributed by atoms with Gasteiger partial charge in [-0.1, -0.05) is 30.3 Å². The first-order valence-corrected chi connectivity index (χ1v) is 9.53. The van der Waals surface area contributed by atoms with Crippen LogP contribution < -0.4 is 10.9 Å². The van der Waals surface area contributed by atoms with E-state index in [2.05, 4.69) is 10.4 Å². The number of Topliss-reactive ketones (excluding diaryl/α,β-unsaturated/α-hetero) is 1. The van der Waals surface area contributed by atoms with Gasteiger partial charge >= 0.3 is 5.97 Å². The van der Waals surface area contributed by atoms with E-state index in [0.717, 1.165) is 11.3 Å². The molecule has 7 nitrogen and oxygen atoms in total.